The van der Waals surface area contributed by atoms with Gasteiger partial charge < -0.3 is 10.1 Å². The molecule has 0 saturated carbocycles. The van der Waals surface area contributed by atoms with Crippen molar-refractivity contribution in [2.75, 3.05) is 18.5 Å². The van der Waals surface area contributed by atoms with Crippen LogP contribution in [-0.2, 0) is 0 Å². The maximum Gasteiger partial charge on any atom is 0.143 e. The Balaban J connectivity index is 2.31. The second-order valence-corrected chi connectivity index (χ2v) is 4.36. The molecule has 0 spiro atoms. The van der Waals surface area contributed by atoms with E-state index in [-0.39, 0.29) is 0 Å². The Labute approximate surface area is 102 Å². The summed E-state index contributed by atoms with van der Waals surface area (Å²) in [6, 6.07) is 5.43. The van der Waals surface area contributed by atoms with Gasteiger partial charge in [0.05, 0.1) is 16.2 Å². The molecule has 1 N–H and O–H groups in total. The minimum absolute atomic E-state index is 0.397. The number of nitrogens with one attached hydrogen (secondary N) is 1. The predicted octanol–water partition coefficient (Wildman–Crippen LogP) is 3.35. The van der Waals surface area contributed by atoms with E-state index < -0.39 is 0 Å². The first-order valence-electron chi connectivity index (χ1n) is 4.90. The molecule has 0 unspecified atom stereocenters. The normalized spacial score (nSPS) is 14.1. The fourth-order valence-electron chi connectivity index (χ4n) is 1.79. The molecule has 0 aliphatic carbocycles. The molecule has 16 heavy (non-hydrogen) atoms. The molecule has 0 saturated heterocycles. The maximum absolute atomic E-state index is 6.10. The minimum atomic E-state index is 0.397. The highest BCUT2D eigenvalue weighted by molar-refractivity contribution is 6.37. The van der Waals surface area contributed by atoms with Gasteiger partial charge in [-0.05, 0) is 18.2 Å². The van der Waals surface area contributed by atoms with E-state index in [9.17, 15) is 0 Å². The number of rotatable bonds is 0. The highest BCUT2D eigenvalue weighted by atomic mass is 35.5. The largest absolute Gasteiger partial charge is 0.490 e. The molecule has 0 radical (unpaired) electrons. The van der Waals surface area contributed by atoms with Gasteiger partial charge in [-0.1, -0.05) is 23.2 Å². The van der Waals surface area contributed by atoms with E-state index in [1.54, 1.807) is 6.07 Å². The van der Waals surface area contributed by atoms with Gasteiger partial charge in [0.25, 0.3) is 0 Å². The number of benzene rings is 1. The first kappa shape index (κ1) is 10.00. The van der Waals surface area contributed by atoms with Crippen molar-refractivity contribution < 1.29 is 4.74 Å². The van der Waals surface area contributed by atoms with Crippen LogP contribution < -0.4 is 10.1 Å². The zero-order valence-electron chi connectivity index (χ0n) is 8.26. The number of halogens is 2. The van der Waals surface area contributed by atoms with Crippen molar-refractivity contribution in [1.29, 1.82) is 0 Å². The van der Waals surface area contributed by atoms with Gasteiger partial charge >= 0.3 is 0 Å². The van der Waals surface area contributed by atoms with Crippen LogP contribution in [0.5, 0.6) is 5.75 Å². The van der Waals surface area contributed by atoms with Crippen LogP contribution in [0.4, 0.5) is 5.69 Å². The van der Waals surface area contributed by atoms with Crippen LogP contribution in [0.1, 0.15) is 0 Å². The lowest BCUT2D eigenvalue weighted by molar-refractivity contribution is 0.324. The fourth-order valence-corrected chi connectivity index (χ4v) is 2.30. The lowest BCUT2D eigenvalue weighted by atomic mass is 10.1. The number of nitrogens with zero attached hydrogens (tertiary/aromatic N) is 1. The Kier molecular flexibility index (Phi) is 2.30. The smallest absolute Gasteiger partial charge is 0.143 e. The number of ether oxygens (including phenoxy) is 1. The minimum Gasteiger partial charge on any atom is -0.490 e. The maximum atomic E-state index is 6.10. The second kappa shape index (κ2) is 3.68. The molecule has 1 aromatic heterocycles. The van der Waals surface area contributed by atoms with Crippen LogP contribution in [0.2, 0.25) is 10.2 Å². The molecule has 0 atom stereocenters. The first-order chi connectivity index (χ1) is 7.74. The number of hydrogen-bond acceptors (Lipinski definition) is 3. The van der Waals surface area contributed by atoms with E-state index in [1.165, 1.54) is 0 Å². The number of anilines is 1. The van der Waals surface area contributed by atoms with E-state index >= 15 is 0 Å². The molecule has 1 aromatic carbocycles. The highest BCUT2D eigenvalue weighted by Gasteiger charge is 2.13. The van der Waals surface area contributed by atoms with Crippen molar-refractivity contribution in [3.8, 4) is 5.75 Å². The lowest BCUT2D eigenvalue weighted by Crippen LogP contribution is -2.17. The Hall–Kier alpha value is -1.19. The number of fused-ring (bicyclic) bond motifs is 2. The average molecular weight is 255 g/mol. The van der Waals surface area contributed by atoms with Gasteiger partial charge in [0, 0.05) is 11.9 Å². The molecule has 3 nitrogen and oxygen atoms in total. The third-order valence-corrected chi connectivity index (χ3v) is 3.01. The molecular formula is C11H8Cl2N2O. The summed E-state index contributed by atoms with van der Waals surface area (Å²) in [4.78, 5) is 4.23. The van der Waals surface area contributed by atoms with Gasteiger partial charge in [0.1, 0.15) is 17.5 Å². The van der Waals surface area contributed by atoms with Crippen molar-refractivity contribution in [2.24, 2.45) is 0 Å². The molecule has 0 amide bonds. The molecule has 1 aliphatic heterocycles. The molecule has 0 fully saturated rings. The Morgan fingerprint density at radius 2 is 2.12 bits per heavy atom. The molecule has 1 aliphatic rings. The average Bonchev–Trinajstić information content (AvgIpc) is 2.27. The highest BCUT2D eigenvalue weighted by Crippen LogP contribution is 2.35. The van der Waals surface area contributed by atoms with Crippen LogP contribution in [0, 0.1) is 0 Å². The van der Waals surface area contributed by atoms with Crippen molar-refractivity contribution >= 4 is 39.8 Å². The van der Waals surface area contributed by atoms with Crippen LogP contribution >= 0.6 is 23.2 Å². The zero-order chi connectivity index (χ0) is 11.1. The SMILES string of the molecule is Clc1cc(Cl)c2cc3c(cc2n1)NCCO3. The summed E-state index contributed by atoms with van der Waals surface area (Å²) in [5.74, 6) is 0.810. The predicted molar refractivity (Wildman–Crippen MR) is 65.7 cm³/mol. The summed E-state index contributed by atoms with van der Waals surface area (Å²) in [5, 5.41) is 5.08. The second-order valence-electron chi connectivity index (χ2n) is 3.57. The van der Waals surface area contributed by atoms with Crippen LogP contribution in [0.25, 0.3) is 10.9 Å². The summed E-state index contributed by atoms with van der Waals surface area (Å²) >= 11 is 12.0. The third kappa shape index (κ3) is 1.56. The molecule has 82 valence electrons. The first-order valence-corrected chi connectivity index (χ1v) is 5.66. The zero-order valence-corrected chi connectivity index (χ0v) is 9.77. The van der Waals surface area contributed by atoms with E-state index in [1.807, 2.05) is 12.1 Å². The van der Waals surface area contributed by atoms with E-state index in [4.69, 9.17) is 27.9 Å². The quantitative estimate of drug-likeness (QED) is 0.733. The molecule has 3 rings (SSSR count). The standard InChI is InChI=1S/C11H8Cl2N2O/c12-7-4-11(13)15-8-5-9-10(3-6(7)8)16-2-1-14-9/h3-5,14H,1-2H2. The molecule has 5 heteroatoms. The topological polar surface area (TPSA) is 34.2 Å². The van der Waals surface area contributed by atoms with Crippen LogP contribution in [-0.4, -0.2) is 18.1 Å². The number of aromatic nitrogens is 1. The molecule has 0 bridgehead atoms. The summed E-state index contributed by atoms with van der Waals surface area (Å²) < 4.78 is 5.53. The van der Waals surface area contributed by atoms with E-state index in [2.05, 4.69) is 10.3 Å². The summed E-state index contributed by atoms with van der Waals surface area (Å²) in [7, 11) is 0. The van der Waals surface area contributed by atoms with Crippen molar-refractivity contribution in [3.05, 3.63) is 28.4 Å². The summed E-state index contributed by atoms with van der Waals surface area (Å²) in [5.41, 5.74) is 1.71. The van der Waals surface area contributed by atoms with Gasteiger partial charge in [0.2, 0.25) is 0 Å². The fraction of sp³-hybridized carbons (Fsp3) is 0.182. The molecular weight excluding hydrogens is 247 g/mol. The third-order valence-electron chi connectivity index (χ3n) is 2.50. The van der Waals surface area contributed by atoms with Gasteiger partial charge in [-0.2, -0.15) is 0 Å². The Morgan fingerprint density at radius 3 is 3.00 bits per heavy atom. The van der Waals surface area contributed by atoms with Crippen molar-refractivity contribution in [2.45, 2.75) is 0 Å². The Morgan fingerprint density at radius 1 is 1.25 bits per heavy atom. The van der Waals surface area contributed by atoms with E-state index in [0.29, 0.717) is 16.8 Å². The summed E-state index contributed by atoms with van der Waals surface area (Å²) in [6.07, 6.45) is 0. The Bertz CT molecular complexity index is 571. The number of pyridine rings is 1. The monoisotopic (exact) mass is 254 g/mol. The number of hydrogen-bond donors (Lipinski definition) is 1. The molecule has 2 heterocycles. The van der Waals surface area contributed by atoms with Gasteiger partial charge in [-0.15, -0.1) is 0 Å². The molecule has 2 aromatic rings. The van der Waals surface area contributed by atoms with Gasteiger partial charge in [-0.25, -0.2) is 4.98 Å². The van der Waals surface area contributed by atoms with Crippen molar-refractivity contribution in [1.82, 2.24) is 4.98 Å². The van der Waals surface area contributed by atoms with Crippen LogP contribution in [0.3, 0.4) is 0 Å². The van der Waals surface area contributed by atoms with Crippen molar-refractivity contribution in [3.63, 3.8) is 0 Å². The van der Waals surface area contributed by atoms with Crippen LogP contribution in [0.15, 0.2) is 18.2 Å². The summed E-state index contributed by atoms with van der Waals surface area (Å²) in [6.45, 7) is 1.46. The van der Waals surface area contributed by atoms with Gasteiger partial charge in [0.15, 0.2) is 0 Å². The lowest BCUT2D eigenvalue weighted by Gasteiger charge is -2.19. The van der Waals surface area contributed by atoms with Gasteiger partial charge in [-0.3, -0.25) is 0 Å². The van der Waals surface area contributed by atoms with E-state index in [0.717, 1.165) is 28.9 Å².